The first-order valence-corrected chi connectivity index (χ1v) is 9.36. The smallest absolute Gasteiger partial charge is 0.198 e. The van der Waals surface area contributed by atoms with Gasteiger partial charge in [-0.3, -0.25) is 9.80 Å². The van der Waals surface area contributed by atoms with E-state index in [1.54, 1.807) is 25.6 Å². The minimum absolute atomic E-state index is 0.243. The van der Waals surface area contributed by atoms with E-state index in [0.717, 1.165) is 26.2 Å². The second kappa shape index (κ2) is 9.05. The number of piperazine rings is 1. The van der Waals surface area contributed by atoms with Crippen LogP contribution in [0.2, 0.25) is 5.02 Å². The summed E-state index contributed by atoms with van der Waals surface area (Å²) >= 11 is 11.6. The molecule has 0 amide bonds. The number of hydrogen-bond acceptors (Lipinski definition) is 5. The van der Waals surface area contributed by atoms with Crippen molar-refractivity contribution in [3.63, 3.8) is 0 Å². The summed E-state index contributed by atoms with van der Waals surface area (Å²) in [7, 11) is 1.67. The third-order valence-electron chi connectivity index (χ3n) is 4.58. The molecule has 2 aromatic rings. The highest BCUT2D eigenvalue weighted by atomic mass is 35.5. The molecule has 1 aliphatic heterocycles. The molecule has 9 heteroatoms. The number of nitrogens with zero attached hydrogens (tertiary/aromatic N) is 5. The highest BCUT2D eigenvalue weighted by molar-refractivity contribution is 7.71. The molecule has 0 bridgehead atoms. The second-order valence-corrected chi connectivity index (χ2v) is 7.11. The molecule has 142 valence electrons. The van der Waals surface area contributed by atoms with Gasteiger partial charge in [0.15, 0.2) is 4.77 Å². The Bertz CT molecular complexity index is 767. The topological polar surface area (TPSA) is 38.5 Å². The van der Waals surface area contributed by atoms with Crippen LogP contribution in [-0.2, 0) is 24.5 Å². The number of rotatable bonds is 7. The average Bonchev–Trinajstić information content (AvgIpc) is 2.98. The summed E-state index contributed by atoms with van der Waals surface area (Å²) in [4.78, 5) is 4.51. The molecule has 3 rings (SSSR count). The molecule has 1 fully saturated rings. The van der Waals surface area contributed by atoms with Crippen LogP contribution >= 0.6 is 23.8 Å². The molecular formula is C17H23ClFN5OS. The molecule has 0 aliphatic carbocycles. The molecule has 0 radical (unpaired) electrons. The fourth-order valence-electron chi connectivity index (χ4n) is 3.00. The van der Waals surface area contributed by atoms with E-state index in [1.165, 1.54) is 6.07 Å². The Balaban J connectivity index is 1.53. The van der Waals surface area contributed by atoms with Crippen molar-refractivity contribution in [2.45, 2.75) is 19.8 Å². The summed E-state index contributed by atoms with van der Waals surface area (Å²) in [6.45, 7) is 5.95. The largest absolute Gasteiger partial charge is 0.383 e. The average molecular weight is 400 g/mol. The van der Waals surface area contributed by atoms with E-state index in [2.05, 4.69) is 14.9 Å². The summed E-state index contributed by atoms with van der Waals surface area (Å²) in [5.74, 6) is -0.243. The third-order valence-corrected chi connectivity index (χ3v) is 5.37. The van der Waals surface area contributed by atoms with Gasteiger partial charge in [-0.15, -0.1) is 0 Å². The molecule has 0 saturated carbocycles. The molecular weight excluding hydrogens is 377 g/mol. The van der Waals surface area contributed by atoms with Crippen LogP contribution in [0.4, 0.5) is 4.39 Å². The Morgan fingerprint density at radius 2 is 1.96 bits per heavy atom. The van der Waals surface area contributed by atoms with Crippen LogP contribution in [0.25, 0.3) is 0 Å². The van der Waals surface area contributed by atoms with Crippen LogP contribution < -0.4 is 0 Å². The monoisotopic (exact) mass is 399 g/mol. The van der Waals surface area contributed by atoms with Gasteiger partial charge < -0.3 is 9.30 Å². The zero-order chi connectivity index (χ0) is 18.5. The van der Waals surface area contributed by atoms with Crippen molar-refractivity contribution in [1.29, 1.82) is 0 Å². The van der Waals surface area contributed by atoms with Crippen molar-refractivity contribution >= 4 is 23.8 Å². The van der Waals surface area contributed by atoms with Crippen LogP contribution in [0.3, 0.4) is 0 Å². The van der Waals surface area contributed by atoms with Crippen molar-refractivity contribution in [2.75, 3.05) is 39.9 Å². The Hall–Kier alpha value is -1.32. The lowest BCUT2D eigenvalue weighted by Crippen LogP contribution is -2.46. The van der Waals surface area contributed by atoms with Gasteiger partial charge in [-0.1, -0.05) is 17.7 Å². The Morgan fingerprint density at radius 3 is 2.65 bits per heavy atom. The first-order valence-electron chi connectivity index (χ1n) is 8.57. The first kappa shape index (κ1) is 19.4. The second-order valence-electron chi connectivity index (χ2n) is 6.34. The molecule has 1 aliphatic rings. The van der Waals surface area contributed by atoms with Crippen LogP contribution in [0.5, 0.6) is 0 Å². The van der Waals surface area contributed by atoms with Crippen LogP contribution in [0.1, 0.15) is 5.56 Å². The molecule has 26 heavy (non-hydrogen) atoms. The van der Waals surface area contributed by atoms with Crippen LogP contribution in [-0.4, -0.2) is 64.0 Å². The lowest BCUT2D eigenvalue weighted by Gasteiger charge is -2.34. The van der Waals surface area contributed by atoms with Gasteiger partial charge in [-0.05, 0) is 24.4 Å². The van der Waals surface area contributed by atoms with Gasteiger partial charge >= 0.3 is 0 Å². The molecule has 0 spiro atoms. The lowest BCUT2D eigenvalue weighted by atomic mass is 10.2. The number of benzene rings is 1. The van der Waals surface area contributed by atoms with Gasteiger partial charge in [-0.25, -0.2) is 9.07 Å². The molecule has 2 heterocycles. The molecule has 1 aromatic carbocycles. The standard InChI is InChI=1S/C17H23ClFN5OS/c1-25-10-9-23-12-20-24(17(23)26)13-22-7-5-21(6-8-22)11-14-15(18)3-2-4-16(14)19/h2-4,12H,5-11,13H2,1H3. The predicted octanol–water partition coefficient (Wildman–Crippen LogP) is 2.63. The van der Waals surface area contributed by atoms with Crippen molar-refractivity contribution in [3.8, 4) is 0 Å². The number of halogens is 2. The number of aromatic nitrogens is 3. The molecule has 6 nitrogen and oxygen atoms in total. The van der Waals surface area contributed by atoms with Crippen molar-refractivity contribution in [1.82, 2.24) is 24.1 Å². The zero-order valence-electron chi connectivity index (χ0n) is 14.8. The van der Waals surface area contributed by atoms with Crippen molar-refractivity contribution in [2.24, 2.45) is 0 Å². The molecule has 1 aromatic heterocycles. The maximum atomic E-state index is 13.9. The summed E-state index contributed by atoms with van der Waals surface area (Å²) in [6.07, 6.45) is 1.75. The predicted molar refractivity (Wildman–Crippen MR) is 101 cm³/mol. The summed E-state index contributed by atoms with van der Waals surface area (Å²) in [5.41, 5.74) is 0.571. The van der Waals surface area contributed by atoms with Crippen molar-refractivity contribution in [3.05, 3.63) is 45.7 Å². The van der Waals surface area contributed by atoms with E-state index in [4.69, 9.17) is 28.6 Å². The van der Waals surface area contributed by atoms with Gasteiger partial charge in [0.25, 0.3) is 0 Å². The molecule has 0 atom stereocenters. The van der Waals surface area contributed by atoms with Gasteiger partial charge in [0.2, 0.25) is 0 Å². The quantitative estimate of drug-likeness (QED) is 0.669. The summed E-state index contributed by atoms with van der Waals surface area (Å²) in [6, 6.07) is 4.82. The maximum absolute atomic E-state index is 13.9. The van der Waals surface area contributed by atoms with E-state index in [-0.39, 0.29) is 5.82 Å². The number of ether oxygens (including phenoxy) is 1. The Morgan fingerprint density at radius 1 is 1.23 bits per heavy atom. The highest BCUT2D eigenvalue weighted by Crippen LogP contribution is 2.21. The van der Waals surface area contributed by atoms with E-state index in [9.17, 15) is 4.39 Å². The van der Waals surface area contributed by atoms with E-state index >= 15 is 0 Å². The minimum atomic E-state index is -0.243. The minimum Gasteiger partial charge on any atom is -0.383 e. The molecule has 1 saturated heterocycles. The first-order chi connectivity index (χ1) is 12.6. The number of hydrogen-bond donors (Lipinski definition) is 0. The highest BCUT2D eigenvalue weighted by Gasteiger charge is 2.20. The molecule has 0 N–H and O–H groups in total. The van der Waals surface area contributed by atoms with Gasteiger partial charge in [-0.2, -0.15) is 5.10 Å². The van der Waals surface area contributed by atoms with Crippen molar-refractivity contribution < 1.29 is 9.13 Å². The van der Waals surface area contributed by atoms with Crippen LogP contribution in [0.15, 0.2) is 24.5 Å². The van der Waals surface area contributed by atoms with E-state index in [1.807, 2.05) is 9.25 Å². The Labute approximate surface area is 162 Å². The summed E-state index contributed by atoms with van der Waals surface area (Å²) < 4.78 is 23.5. The van der Waals surface area contributed by atoms with Gasteiger partial charge in [0, 0.05) is 57.0 Å². The normalized spacial score (nSPS) is 16.3. The number of methoxy groups -OCH3 is 1. The van der Waals surface area contributed by atoms with E-state index < -0.39 is 0 Å². The SMILES string of the molecule is COCCn1cnn(CN2CCN(Cc3c(F)cccc3Cl)CC2)c1=S. The molecule has 0 unspecified atom stereocenters. The Kier molecular flexibility index (Phi) is 6.77. The lowest BCUT2D eigenvalue weighted by molar-refractivity contribution is 0.0972. The summed E-state index contributed by atoms with van der Waals surface area (Å²) in [5, 5.41) is 4.86. The van der Waals surface area contributed by atoms with Gasteiger partial charge in [0.05, 0.1) is 13.3 Å². The maximum Gasteiger partial charge on any atom is 0.198 e. The third kappa shape index (κ3) is 4.69. The fraction of sp³-hybridized carbons (Fsp3) is 0.529. The van der Waals surface area contributed by atoms with Crippen LogP contribution in [0, 0.1) is 10.6 Å². The fourth-order valence-corrected chi connectivity index (χ4v) is 3.46. The zero-order valence-corrected chi connectivity index (χ0v) is 16.3. The van der Waals surface area contributed by atoms with Gasteiger partial charge in [0.1, 0.15) is 12.1 Å². The van der Waals surface area contributed by atoms with E-state index in [0.29, 0.717) is 41.7 Å².